The van der Waals surface area contributed by atoms with Gasteiger partial charge in [0.25, 0.3) is 0 Å². The van der Waals surface area contributed by atoms with Crippen LogP contribution in [0.25, 0.3) is 0 Å². The molecule has 0 fully saturated rings. The molecule has 0 saturated heterocycles. The average molecular weight is 340 g/mol. The van der Waals surface area contributed by atoms with E-state index in [4.69, 9.17) is 4.74 Å². The minimum Gasteiger partial charge on any atom is -0.487 e. The lowest BCUT2D eigenvalue weighted by Crippen LogP contribution is -2.43. The average Bonchev–Trinajstić information content (AvgIpc) is 2.64. The molecular weight excluding hydrogens is 312 g/mol. The van der Waals surface area contributed by atoms with Crippen LogP contribution >= 0.6 is 0 Å². The summed E-state index contributed by atoms with van der Waals surface area (Å²) in [5, 5.41) is 6.74. The van der Waals surface area contributed by atoms with E-state index in [1.807, 2.05) is 36.4 Å². The number of guanidine groups is 1. The zero-order chi connectivity index (χ0) is 18.1. The highest BCUT2D eigenvalue weighted by molar-refractivity contribution is 5.79. The molecule has 2 rings (SSSR count). The van der Waals surface area contributed by atoms with E-state index in [0.29, 0.717) is 25.1 Å². The number of nitrogens with zero attached hydrogens (tertiary/aromatic N) is 2. The maximum atomic E-state index is 5.83. The van der Waals surface area contributed by atoms with Gasteiger partial charge in [0.1, 0.15) is 12.4 Å². The van der Waals surface area contributed by atoms with Crippen LogP contribution in [0.1, 0.15) is 32.0 Å². The molecule has 1 atom stereocenters. The molecule has 1 aromatic carbocycles. The minimum absolute atomic E-state index is 0.360. The molecule has 0 bridgehead atoms. The first-order chi connectivity index (χ1) is 12.1. The largest absolute Gasteiger partial charge is 0.487 e. The van der Waals surface area contributed by atoms with Crippen LogP contribution in [0.5, 0.6) is 5.75 Å². The minimum atomic E-state index is 0.360. The van der Waals surface area contributed by atoms with E-state index < -0.39 is 0 Å². The predicted octanol–water partition coefficient (Wildman–Crippen LogP) is 3.37. The second-order valence-corrected chi connectivity index (χ2v) is 6.36. The van der Waals surface area contributed by atoms with Crippen LogP contribution in [0.2, 0.25) is 0 Å². The van der Waals surface area contributed by atoms with Gasteiger partial charge in [0.15, 0.2) is 5.96 Å². The van der Waals surface area contributed by atoms with Crippen LogP contribution in [0.4, 0.5) is 0 Å². The zero-order valence-corrected chi connectivity index (χ0v) is 15.5. The lowest BCUT2D eigenvalue weighted by Gasteiger charge is -2.20. The van der Waals surface area contributed by atoms with Crippen molar-refractivity contribution < 1.29 is 4.74 Å². The summed E-state index contributed by atoms with van der Waals surface area (Å²) in [5.41, 5.74) is 2.05. The van der Waals surface area contributed by atoms with Gasteiger partial charge >= 0.3 is 0 Å². The number of aromatic nitrogens is 1. The standard InChI is InChI=1S/C20H28N4O/c1-15(2)16(3)24-20(21-4)23-13-17-8-7-10-19(12-17)25-14-18-9-5-6-11-22-18/h5-12,15-16H,13-14H2,1-4H3,(H2,21,23,24). The van der Waals surface area contributed by atoms with Gasteiger partial charge in [-0.2, -0.15) is 0 Å². The molecule has 2 aromatic rings. The van der Waals surface area contributed by atoms with E-state index in [-0.39, 0.29) is 0 Å². The Morgan fingerprint density at radius 1 is 1.16 bits per heavy atom. The van der Waals surface area contributed by atoms with Crippen molar-refractivity contribution in [1.82, 2.24) is 15.6 Å². The number of hydrogen-bond donors (Lipinski definition) is 2. The van der Waals surface area contributed by atoms with Crippen molar-refractivity contribution in [3.05, 3.63) is 59.9 Å². The number of pyridine rings is 1. The molecule has 5 heteroatoms. The van der Waals surface area contributed by atoms with Gasteiger partial charge in [-0.15, -0.1) is 0 Å². The van der Waals surface area contributed by atoms with E-state index in [0.717, 1.165) is 23.0 Å². The summed E-state index contributed by atoms with van der Waals surface area (Å²) in [7, 11) is 1.79. The third kappa shape index (κ3) is 6.45. The Labute approximate surface area is 150 Å². The summed E-state index contributed by atoms with van der Waals surface area (Å²) in [6.07, 6.45) is 1.77. The van der Waals surface area contributed by atoms with E-state index in [9.17, 15) is 0 Å². The van der Waals surface area contributed by atoms with Crippen molar-refractivity contribution >= 4 is 5.96 Å². The van der Waals surface area contributed by atoms with Crippen LogP contribution < -0.4 is 15.4 Å². The molecule has 0 amide bonds. The quantitative estimate of drug-likeness (QED) is 0.599. The maximum Gasteiger partial charge on any atom is 0.191 e. The highest BCUT2D eigenvalue weighted by Gasteiger charge is 2.08. The number of rotatable bonds is 7. The van der Waals surface area contributed by atoms with Crippen molar-refractivity contribution in [1.29, 1.82) is 0 Å². The Morgan fingerprint density at radius 2 is 2.00 bits per heavy atom. The molecule has 0 aliphatic rings. The van der Waals surface area contributed by atoms with Crippen LogP contribution in [0.3, 0.4) is 0 Å². The van der Waals surface area contributed by atoms with Crippen molar-refractivity contribution in [3.8, 4) is 5.75 Å². The molecule has 0 aliphatic heterocycles. The Hall–Kier alpha value is -2.56. The molecule has 0 spiro atoms. The van der Waals surface area contributed by atoms with Gasteiger partial charge in [0.2, 0.25) is 0 Å². The van der Waals surface area contributed by atoms with Crippen molar-refractivity contribution in [2.75, 3.05) is 7.05 Å². The van der Waals surface area contributed by atoms with Gasteiger partial charge in [-0.1, -0.05) is 32.0 Å². The molecule has 0 radical (unpaired) electrons. The molecule has 2 N–H and O–H groups in total. The molecule has 1 aromatic heterocycles. The Morgan fingerprint density at radius 3 is 2.68 bits per heavy atom. The highest BCUT2D eigenvalue weighted by atomic mass is 16.5. The second kappa shape index (κ2) is 9.67. The van der Waals surface area contributed by atoms with Crippen LogP contribution in [-0.2, 0) is 13.2 Å². The Balaban J connectivity index is 1.88. The summed E-state index contributed by atoms with van der Waals surface area (Å²) in [6.45, 7) is 7.68. The smallest absolute Gasteiger partial charge is 0.191 e. The second-order valence-electron chi connectivity index (χ2n) is 6.36. The van der Waals surface area contributed by atoms with Crippen LogP contribution in [-0.4, -0.2) is 24.0 Å². The SMILES string of the molecule is CN=C(NCc1cccc(OCc2ccccn2)c1)NC(C)C(C)C. The maximum absolute atomic E-state index is 5.83. The van der Waals surface area contributed by atoms with Gasteiger partial charge in [-0.3, -0.25) is 9.98 Å². The number of ether oxygens (including phenoxy) is 1. The monoisotopic (exact) mass is 340 g/mol. The number of nitrogens with one attached hydrogen (secondary N) is 2. The van der Waals surface area contributed by atoms with Crippen molar-refractivity contribution in [2.24, 2.45) is 10.9 Å². The lowest BCUT2D eigenvalue weighted by atomic mass is 10.1. The molecule has 0 aliphatic carbocycles. The Kier molecular flexibility index (Phi) is 7.26. The van der Waals surface area contributed by atoms with Crippen LogP contribution in [0, 0.1) is 5.92 Å². The van der Waals surface area contributed by atoms with Crippen LogP contribution in [0.15, 0.2) is 53.7 Å². The molecule has 25 heavy (non-hydrogen) atoms. The first-order valence-electron chi connectivity index (χ1n) is 8.67. The van der Waals surface area contributed by atoms with Gasteiger partial charge in [0, 0.05) is 25.8 Å². The Bertz CT molecular complexity index is 670. The summed E-state index contributed by atoms with van der Waals surface area (Å²) in [6, 6.07) is 14.2. The van der Waals surface area contributed by atoms with E-state index >= 15 is 0 Å². The van der Waals surface area contributed by atoms with Gasteiger partial charge in [0.05, 0.1) is 5.69 Å². The zero-order valence-electron chi connectivity index (χ0n) is 15.5. The third-order valence-electron chi connectivity index (χ3n) is 4.06. The number of hydrogen-bond acceptors (Lipinski definition) is 3. The fraction of sp³-hybridized carbons (Fsp3) is 0.400. The molecule has 5 nitrogen and oxygen atoms in total. The summed E-state index contributed by atoms with van der Waals surface area (Å²) >= 11 is 0. The predicted molar refractivity (Wildman–Crippen MR) is 103 cm³/mol. The van der Waals surface area contributed by atoms with Gasteiger partial charge in [-0.05, 0) is 42.7 Å². The first kappa shape index (κ1) is 18.8. The van der Waals surface area contributed by atoms with E-state index in [1.165, 1.54) is 0 Å². The fourth-order valence-electron chi connectivity index (χ4n) is 2.15. The normalized spacial score (nSPS) is 12.8. The highest BCUT2D eigenvalue weighted by Crippen LogP contribution is 2.14. The third-order valence-corrected chi connectivity index (χ3v) is 4.06. The van der Waals surface area contributed by atoms with Crippen molar-refractivity contribution in [2.45, 2.75) is 40.0 Å². The van der Waals surface area contributed by atoms with Crippen molar-refractivity contribution in [3.63, 3.8) is 0 Å². The first-order valence-corrected chi connectivity index (χ1v) is 8.67. The fourth-order valence-corrected chi connectivity index (χ4v) is 2.15. The summed E-state index contributed by atoms with van der Waals surface area (Å²) in [4.78, 5) is 8.55. The topological polar surface area (TPSA) is 58.5 Å². The number of benzene rings is 1. The van der Waals surface area contributed by atoms with E-state index in [1.54, 1.807) is 13.2 Å². The summed E-state index contributed by atoms with van der Waals surface area (Å²) < 4.78 is 5.83. The molecular formula is C20H28N4O. The molecule has 134 valence electrons. The van der Waals surface area contributed by atoms with Gasteiger partial charge in [-0.25, -0.2) is 0 Å². The molecule has 0 saturated carbocycles. The molecule has 1 unspecified atom stereocenters. The lowest BCUT2D eigenvalue weighted by molar-refractivity contribution is 0.301. The number of aliphatic imine (C=N–C) groups is 1. The van der Waals surface area contributed by atoms with E-state index in [2.05, 4.69) is 47.4 Å². The van der Waals surface area contributed by atoms with Gasteiger partial charge < -0.3 is 15.4 Å². The summed E-state index contributed by atoms with van der Waals surface area (Å²) in [5.74, 6) is 2.19. The molecule has 1 heterocycles.